The van der Waals surface area contributed by atoms with Crippen LogP contribution in [0, 0.1) is 0 Å². The molecular weight excluding hydrogens is 387 g/mol. The molecule has 0 aliphatic rings. The maximum absolute atomic E-state index is 11.4. The van der Waals surface area contributed by atoms with Crippen molar-refractivity contribution in [3.63, 3.8) is 0 Å². The molecule has 173 valence electrons. The SMILES string of the molecule is CCCCCCCCCCCCCCCCCCCCCC(=O)OC(=O)C(C)O.[Na]. The van der Waals surface area contributed by atoms with Crippen LogP contribution in [-0.2, 0) is 14.3 Å². The summed E-state index contributed by atoms with van der Waals surface area (Å²) in [5, 5.41) is 8.98. The molecule has 0 amide bonds. The van der Waals surface area contributed by atoms with Crippen LogP contribution in [-0.4, -0.2) is 52.7 Å². The Bertz CT molecular complexity index is 385. The molecule has 0 rings (SSSR count). The van der Waals surface area contributed by atoms with E-state index < -0.39 is 18.0 Å². The largest absolute Gasteiger partial charge is 0.391 e. The first-order chi connectivity index (χ1) is 14.1. The molecule has 4 nitrogen and oxygen atoms in total. The molecule has 0 fully saturated rings. The molecule has 1 radical (unpaired) electrons. The van der Waals surface area contributed by atoms with Crippen LogP contribution in [0.5, 0.6) is 0 Å². The van der Waals surface area contributed by atoms with E-state index in [4.69, 9.17) is 5.11 Å². The van der Waals surface area contributed by atoms with Crippen molar-refractivity contribution in [1.82, 2.24) is 0 Å². The van der Waals surface area contributed by atoms with Crippen molar-refractivity contribution in [2.24, 2.45) is 0 Å². The topological polar surface area (TPSA) is 63.6 Å². The van der Waals surface area contributed by atoms with Crippen LogP contribution in [0.4, 0.5) is 0 Å². The molecule has 0 aromatic heterocycles. The number of rotatable bonds is 21. The Labute approximate surface area is 208 Å². The predicted molar refractivity (Wildman–Crippen MR) is 127 cm³/mol. The first-order valence-corrected chi connectivity index (χ1v) is 12.5. The third-order valence-corrected chi connectivity index (χ3v) is 5.54. The second-order valence-corrected chi connectivity index (χ2v) is 8.58. The Balaban J connectivity index is 0. The summed E-state index contributed by atoms with van der Waals surface area (Å²) < 4.78 is 4.52. The first-order valence-electron chi connectivity index (χ1n) is 12.5. The monoisotopic (exact) mass is 435 g/mol. The maximum Gasteiger partial charge on any atom is 0.342 e. The van der Waals surface area contributed by atoms with Gasteiger partial charge in [0.25, 0.3) is 0 Å². The molecule has 1 atom stereocenters. The van der Waals surface area contributed by atoms with E-state index in [1.54, 1.807) is 0 Å². The van der Waals surface area contributed by atoms with Gasteiger partial charge in [0, 0.05) is 36.0 Å². The molecular formula is C25H48NaO4. The summed E-state index contributed by atoms with van der Waals surface area (Å²) in [7, 11) is 0. The summed E-state index contributed by atoms with van der Waals surface area (Å²) in [4.78, 5) is 22.4. The minimum atomic E-state index is -1.23. The fourth-order valence-corrected chi connectivity index (χ4v) is 3.60. The zero-order valence-corrected chi connectivity index (χ0v) is 22.4. The fraction of sp³-hybridized carbons (Fsp3) is 0.920. The average Bonchev–Trinajstić information content (AvgIpc) is 2.69. The Morgan fingerprint density at radius 1 is 0.633 bits per heavy atom. The van der Waals surface area contributed by atoms with Gasteiger partial charge in [0.1, 0.15) is 6.10 Å². The van der Waals surface area contributed by atoms with Crippen molar-refractivity contribution in [3.05, 3.63) is 0 Å². The van der Waals surface area contributed by atoms with E-state index in [2.05, 4.69) is 11.7 Å². The smallest absolute Gasteiger partial charge is 0.342 e. The number of ether oxygens (including phenoxy) is 1. The van der Waals surface area contributed by atoms with Gasteiger partial charge in [-0.1, -0.05) is 122 Å². The van der Waals surface area contributed by atoms with Gasteiger partial charge in [0.15, 0.2) is 0 Å². The summed E-state index contributed by atoms with van der Waals surface area (Å²) in [6, 6.07) is 0. The first kappa shape index (κ1) is 32.3. The van der Waals surface area contributed by atoms with Crippen LogP contribution in [0.2, 0.25) is 0 Å². The molecule has 30 heavy (non-hydrogen) atoms. The molecule has 0 aliphatic carbocycles. The molecule has 0 saturated carbocycles. The third kappa shape index (κ3) is 24.4. The average molecular weight is 436 g/mol. The van der Waals surface area contributed by atoms with Gasteiger partial charge in [-0.3, -0.25) is 4.79 Å². The number of hydrogen-bond donors (Lipinski definition) is 1. The van der Waals surface area contributed by atoms with Crippen LogP contribution in [0.3, 0.4) is 0 Å². The van der Waals surface area contributed by atoms with E-state index in [1.807, 2.05) is 0 Å². The maximum atomic E-state index is 11.4. The van der Waals surface area contributed by atoms with Crippen LogP contribution < -0.4 is 0 Å². The Hall–Kier alpha value is 0.1000. The minimum Gasteiger partial charge on any atom is -0.391 e. The molecule has 0 heterocycles. The predicted octanol–water partition coefficient (Wildman–Crippen LogP) is 6.88. The van der Waals surface area contributed by atoms with Gasteiger partial charge in [-0.05, 0) is 13.3 Å². The van der Waals surface area contributed by atoms with Gasteiger partial charge in [-0.25, -0.2) is 4.79 Å². The summed E-state index contributed by atoms with van der Waals surface area (Å²) in [6.45, 7) is 3.57. The van der Waals surface area contributed by atoms with Crippen LogP contribution >= 0.6 is 0 Å². The van der Waals surface area contributed by atoms with Crippen molar-refractivity contribution in [2.75, 3.05) is 0 Å². The zero-order valence-electron chi connectivity index (χ0n) is 20.4. The molecule has 5 heteroatoms. The molecule has 0 aromatic carbocycles. The van der Waals surface area contributed by atoms with Crippen molar-refractivity contribution < 1.29 is 19.4 Å². The van der Waals surface area contributed by atoms with Crippen molar-refractivity contribution in [1.29, 1.82) is 0 Å². The van der Waals surface area contributed by atoms with E-state index in [9.17, 15) is 9.59 Å². The summed E-state index contributed by atoms with van der Waals surface area (Å²) in [5.74, 6) is -1.38. The van der Waals surface area contributed by atoms with Crippen LogP contribution in [0.15, 0.2) is 0 Å². The number of aliphatic hydroxyl groups is 1. The van der Waals surface area contributed by atoms with E-state index in [0.29, 0.717) is 0 Å². The van der Waals surface area contributed by atoms with Gasteiger partial charge >= 0.3 is 11.9 Å². The Morgan fingerprint density at radius 3 is 1.23 bits per heavy atom. The molecule has 0 aromatic rings. The number of carbonyl (C=O) groups excluding carboxylic acids is 2. The standard InChI is InChI=1S/C25H48O4.Na/c1-3-4-5-6-7-8-9-10-11-12-13-14-15-16-17-18-19-20-21-22-24(27)29-25(28)23(2)26;/h23,26H,3-22H2,1-2H3;. The summed E-state index contributed by atoms with van der Waals surface area (Å²) in [5.41, 5.74) is 0. The van der Waals surface area contributed by atoms with Gasteiger partial charge in [0.05, 0.1) is 0 Å². The van der Waals surface area contributed by atoms with E-state index in [1.165, 1.54) is 110 Å². The minimum absolute atomic E-state index is 0. The number of aliphatic hydroxyl groups excluding tert-OH is 1. The van der Waals surface area contributed by atoms with Crippen LogP contribution in [0.25, 0.3) is 0 Å². The van der Waals surface area contributed by atoms with Crippen molar-refractivity contribution >= 4 is 41.5 Å². The van der Waals surface area contributed by atoms with Gasteiger partial charge in [-0.15, -0.1) is 0 Å². The summed E-state index contributed by atoms with van der Waals surface area (Å²) >= 11 is 0. The number of unbranched alkanes of at least 4 members (excludes halogenated alkanes) is 18. The Kier molecular flexibility index (Phi) is 27.3. The van der Waals surface area contributed by atoms with E-state index >= 15 is 0 Å². The molecule has 0 saturated heterocycles. The van der Waals surface area contributed by atoms with Gasteiger partial charge in [0.2, 0.25) is 0 Å². The summed E-state index contributed by atoms with van der Waals surface area (Å²) in [6.07, 6.45) is 24.0. The van der Waals surface area contributed by atoms with Crippen LogP contribution in [0.1, 0.15) is 142 Å². The van der Waals surface area contributed by atoms with Gasteiger partial charge < -0.3 is 9.84 Å². The molecule has 1 unspecified atom stereocenters. The Morgan fingerprint density at radius 2 is 0.933 bits per heavy atom. The quantitative estimate of drug-likeness (QED) is 0.0924. The number of carbonyl (C=O) groups is 2. The second kappa shape index (κ2) is 25.4. The molecule has 0 bridgehead atoms. The zero-order chi connectivity index (χ0) is 21.6. The molecule has 0 aliphatic heterocycles. The number of hydrogen-bond acceptors (Lipinski definition) is 4. The second-order valence-electron chi connectivity index (χ2n) is 8.58. The molecule has 1 N–H and O–H groups in total. The van der Waals surface area contributed by atoms with Gasteiger partial charge in [-0.2, -0.15) is 0 Å². The third-order valence-electron chi connectivity index (χ3n) is 5.54. The van der Waals surface area contributed by atoms with E-state index in [0.717, 1.165) is 19.3 Å². The number of esters is 2. The normalized spacial score (nSPS) is 11.7. The van der Waals surface area contributed by atoms with E-state index in [-0.39, 0.29) is 36.0 Å². The fourth-order valence-electron chi connectivity index (χ4n) is 3.60. The van der Waals surface area contributed by atoms with Crippen molar-refractivity contribution in [2.45, 2.75) is 148 Å². The molecule has 0 spiro atoms. The van der Waals surface area contributed by atoms with Crippen molar-refractivity contribution in [3.8, 4) is 0 Å².